The molecule has 0 aliphatic rings. The number of amides is 1. The predicted octanol–water partition coefficient (Wildman–Crippen LogP) is 1.47. The molecule has 0 aliphatic heterocycles. The minimum absolute atomic E-state index is 0.0713. The van der Waals surface area contributed by atoms with Crippen LogP contribution in [0.25, 0.3) is 0 Å². The van der Waals surface area contributed by atoms with E-state index >= 15 is 0 Å². The predicted molar refractivity (Wildman–Crippen MR) is 83.5 cm³/mol. The Morgan fingerprint density at radius 2 is 2.19 bits per heavy atom. The largest absolute Gasteiger partial charge is 0.479 e. The molecule has 0 radical (unpaired) electrons. The van der Waals surface area contributed by atoms with Crippen molar-refractivity contribution < 1.29 is 17.9 Å². The summed E-state index contributed by atoms with van der Waals surface area (Å²) in [6, 6.07) is 3.02. The summed E-state index contributed by atoms with van der Waals surface area (Å²) >= 11 is 3.20. The van der Waals surface area contributed by atoms with Crippen molar-refractivity contribution in [3.05, 3.63) is 34.8 Å². The number of sulfonamides is 1. The second-order valence-electron chi connectivity index (χ2n) is 4.39. The van der Waals surface area contributed by atoms with Gasteiger partial charge in [-0.15, -0.1) is 6.58 Å². The maximum Gasteiger partial charge on any atom is 0.261 e. The fourth-order valence-electron chi connectivity index (χ4n) is 1.61. The van der Waals surface area contributed by atoms with Crippen molar-refractivity contribution >= 4 is 31.9 Å². The smallest absolute Gasteiger partial charge is 0.261 e. The molecule has 0 saturated heterocycles. The molecule has 0 spiro atoms. The average Bonchev–Trinajstić information content (AvgIpc) is 2.37. The highest BCUT2D eigenvalue weighted by atomic mass is 79.9. The number of carbonyl (C=O) groups excluding carboxylic acids is 1. The summed E-state index contributed by atoms with van der Waals surface area (Å²) in [4.78, 5) is 11.6. The zero-order valence-electron chi connectivity index (χ0n) is 11.7. The molecule has 1 amide bonds. The number of hydrogen-bond acceptors (Lipinski definition) is 4. The molecule has 8 heteroatoms. The lowest BCUT2D eigenvalue weighted by Crippen LogP contribution is -2.36. The van der Waals surface area contributed by atoms with E-state index in [-0.39, 0.29) is 16.6 Å². The van der Waals surface area contributed by atoms with Gasteiger partial charge in [-0.1, -0.05) is 22.0 Å². The second kappa shape index (κ2) is 7.06. The summed E-state index contributed by atoms with van der Waals surface area (Å²) < 4.78 is 29.3. The molecule has 21 heavy (non-hydrogen) atoms. The SMILES string of the molecule is C=CCNC(=O)C(C)Oc1c(C)cc(Br)cc1S(N)(=O)=O. The molecule has 0 fully saturated rings. The van der Waals surface area contributed by atoms with Gasteiger partial charge >= 0.3 is 0 Å². The number of nitrogens with one attached hydrogen (secondary N) is 1. The Kier molecular flexibility index (Phi) is 5.94. The van der Waals surface area contributed by atoms with Crippen LogP contribution in [0.3, 0.4) is 0 Å². The van der Waals surface area contributed by atoms with Crippen molar-refractivity contribution in [1.29, 1.82) is 0 Å². The van der Waals surface area contributed by atoms with Gasteiger partial charge in [0.2, 0.25) is 10.0 Å². The molecule has 0 aliphatic carbocycles. The number of ether oxygens (including phenoxy) is 1. The molecule has 1 rings (SSSR count). The quantitative estimate of drug-likeness (QED) is 0.734. The van der Waals surface area contributed by atoms with Crippen molar-refractivity contribution in [2.24, 2.45) is 5.14 Å². The van der Waals surface area contributed by atoms with Gasteiger partial charge < -0.3 is 10.1 Å². The van der Waals surface area contributed by atoms with Crippen LogP contribution in [-0.4, -0.2) is 27.0 Å². The van der Waals surface area contributed by atoms with E-state index in [1.807, 2.05) is 0 Å². The molecule has 1 unspecified atom stereocenters. The maximum absolute atomic E-state index is 11.8. The van der Waals surface area contributed by atoms with Gasteiger partial charge in [0.05, 0.1) is 0 Å². The van der Waals surface area contributed by atoms with E-state index in [1.54, 1.807) is 13.0 Å². The molecule has 6 nitrogen and oxygen atoms in total. The molecule has 116 valence electrons. The molecule has 1 aromatic rings. The number of halogens is 1. The highest BCUT2D eigenvalue weighted by molar-refractivity contribution is 9.10. The van der Waals surface area contributed by atoms with Crippen LogP contribution < -0.4 is 15.2 Å². The van der Waals surface area contributed by atoms with Crippen LogP contribution in [0, 0.1) is 6.92 Å². The number of benzene rings is 1. The number of hydrogen-bond donors (Lipinski definition) is 2. The summed E-state index contributed by atoms with van der Waals surface area (Å²) in [5, 5.41) is 7.75. The van der Waals surface area contributed by atoms with Crippen LogP contribution in [-0.2, 0) is 14.8 Å². The Bertz CT molecular complexity index is 658. The molecular formula is C13H17BrN2O4S. The lowest BCUT2D eigenvalue weighted by molar-refractivity contribution is -0.127. The minimum Gasteiger partial charge on any atom is -0.479 e. The summed E-state index contributed by atoms with van der Waals surface area (Å²) in [5.74, 6) is -0.306. The number of primary sulfonamides is 1. The summed E-state index contributed by atoms with van der Waals surface area (Å²) in [6.45, 7) is 6.98. The summed E-state index contributed by atoms with van der Waals surface area (Å²) in [5.41, 5.74) is 0.553. The monoisotopic (exact) mass is 376 g/mol. The fraction of sp³-hybridized carbons (Fsp3) is 0.308. The van der Waals surface area contributed by atoms with E-state index in [9.17, 15) is 13.2 Å². The summed E-state index contributed by atoms with van der Waals surface area (Å²) in [6.07, 6.45) is 0.663. The van der Waals surface area contributed by atoms with Gasteiger partial charge in [0.15, 0.2) is 6.10 Å². The molecule has 1 aromatic carbocycles. The second-order valence-corrected chi connectivity index (χ2v) is 6.83. The van der Waals surface area contributed by atoms with E-state index in [0.717, 1.165) is 0 Å². The minimum atomic E-state index is -3.97. The highest BCUT2D eigenvalue weighted by Crippen LogP contribution is 2.31. The van der Waals surface area contributed by atoms with Crippen molar-refractivity contribution in [3.63, 3.8) is 0 Å². The van der Waals surface area contributed by atoms with Crippen molar-refractivity contribution in [1.82, 2.24) is 5.32 Å². The first-order valence-electron chi connectivity index (χ1n) is 6.05. The first-order valence-corrected chi connectivity index (χ1v) is 8.39. The van der Waals surface area contributed by atoms with Crippen LogP contribution in [0.1, 0.15) is 12.5 Å². The van der Waals surface area contributed by atoms with Crippen molar-refractivity contribution in [3.8, 4) is 5.75 Å². The van der Waals surface area contributed by atoms with E-state index < -0.39 is 16.1 Å². The molecule has 0 aromatic heterocycles. The molecule has 1 atom stereocenters. The number of rotatable bonds is 6. The third-order valence-electron chi connectivity index (χ3n) is 2.60. The fourth-order valence-corrected chi connectivity index (χ4v) is 3.09. The Hall–Kier alpha value is -1.38. The number of aryl methyl sites for hydroxylation is 1. The van der Waals surface area contributed by atoms with Gasteiger partial charge in [-0.3, -0.25) is 4.79 Å². The highest BCUT2D eigenvalue weighted by Gasteiger charge is 2.22. The third-order valence-corrected chi connectivity index (χ3v) is 3.97. The van der Waals surface area contributed by atoms with Gasteiger partial charge in [-0.05, 0) is 31.5 Å². The lowest BCUT2D eigenvalue weighted by atomic mass is 10.2. The average molecular weight is 377 g/mol. The van der Waals surface area contributed by atoms with E-state index in [1.165, 1.54) is 19.1 Å². The van der Waals surface area contributed by atoms with Crippen molar-refractivity contribution in [2.75, 3.05) is 6.54 Å². The normalized spacial score (nSPS) is 12.6. The van der Waals surface area contributed by atoms with E-state index in [2.05, 4.69) is 27.8 Å². The van der Waals surface area contributed by atoms with Gasteiger partial charge in [-0.2, -0.15) is 0 Å². The topological polar surface area (TPSA) is 98.5 Å². The zero-order valence-corrected chi connectivity index (χ0v) is 14.1. The van der Waals surface area contributed by atoms with Gasteiger partial charge in [-0.25, -0.2) is 13.6 Å². The van der Waals surface area contributed by atoms with Crippen LogP contribution in [0.5, 0.6) is 5.75 Å². The Morgan fingerprint density at radius 1 is 1.57 bits per heavy atom. The van der Waals surface area contributed by atoms with E-state index in [4.69, 9.17) is 9.88 Å². The zero-order chi connectivity index (χ0) is 16.2. The molecular weight excluding hydrogens is 360 g/mol. The number of nitrogens with two attached hydrogens (primary N) is 1. The Balaban J connectivity index is 3.13. The first-order chi connectivity index (χ1) is 9.66. The van der Waals surface area contributed by atoms with Gasteiger partial charge in [0, 0.05) is 11.0 Å². The van der Waals surface area contributed by atoms with Crippen LogP contribution >= 0.6 is 15.9 Å². The van der Waals surface area contributed by atoms with Crippen LogP contribution in [0.2, 0.25) is 0 Å². The van der Waals surface area contributed by atoms with Crippen LogP contribution in [0.15, 0.2) is 34.2 Å². The molecule has 3 N–H and O–H groups in total. The molecule has 0 bridgehead atoms. The molecule has 0 saturated carbocycles. The standard InChI is InChI=1S/C13H17BrN2O4S/c1-4-5-16-13(17)9(3)20-12-8(2)6-10(14)7-11(12)21(15,18)19/h4,6-7,9H,1,5H2,2-3H3,(H,16,17)(H2,15,18,19). The Labute approximate surface area is 132 Å². The van der Waals surface area contributed by atoms with Crippen LogP contribution in [0.4, 0.5) is 0 Å². The first kappa shape index (κ1) is 17.7. The van der Waals surface area contributed by atoms with Gasteiger partial charge in [0.25, 0.3) is 5.91 Å². The lowest BCUT2D eigenvalue weighted by Gasteiger charge is -2.18. The third kappa shape index (κ3) is 4.83. The van der Waals surface area contributed by atoms with Gasteiger partial charge in [0.1, 0.15) is 10.6 Å². The Morgan fingerprint density at radius 3 is 2.71 bits per heavy atom. The maximum atomic E-state index is 11.8. The van der Waals surface area contributed by atoms with E-state index in [0.29, 0.717) is 16.6 Å². The summed E-state index contributed by atoms with van der Waals surface area (Å²) in [7, 11) is -3.97. The van der Waals surface area contributed by atoms with Crippen molar-refractivity contribution in [2.45, 2.75) is 24.8 Å². The number of carbonyl (C=O) groups is 1. The molecule has 0 heterocycles.